The van der Waals surface area contributed by atoms with Gasteiger partial charge in [-0.25, -0.2) is 4.99 Å². The van der Waals surface area contributed by atoms with Crippen molar-refractivity contribution < 1.29 is 4.79 Å². The van der Waals surface area contributed by atoms with Crippen molar-refractivity contribution in [1.82, 2.24) is 4.90 Å². The smallest absolute Gasteiger partial charge is 0.231 e. The van der Waals surface area contributed by atoms with Crippen molar-refractivity contribution in [1.29, 1.82) is 0 Å². The summed E-state index contributed by atoms with van der Waals surface area (Å²) in [7, 11) is 1.64. The summed E-state index contributed by atoms with van der Waals surface area (Å²) in [6.07, 6.45) is 0.304. The van der Waals surface area contributed by atoms with Crippen LogP contribution in [0.1, 0.15) is 18.9 Å². The highest BCUT2D eigenvalue weighted by Crippen LogP contribution is 2.37. The highest BCUT2D eigenvalue weighted by molar-refractivity contribution is 7.19. The third kappa shape index (κ3) is 2.62. The van der Waals surface area contributed by atoms with E-state index in [1.54, 1.807) is 7.05 Å². The molecule has 0 aliphatic carbocycles. The molecule has 0 radical (unpaired) electrons. The zero-order valence-electron chi connectivity index (χ0n) is 12.3. The summed E-state index contributed by atoms with van der Waals surface area (Å²) >= 11 is 7.54. The molecule has 0 bridgehead atoms. The summed E-state index contributed by atoms with van der Waals surface area (Å²) in [5.74, 6) is 0.225. The normalized spacial score (nSPS) is 21.9. The molecule has 1 unspecified atom stereocenters. The van der Waals surface area contributed by atoms with Gasteiger partial charge in [0.2, 0.25) is 5.91 Å². The molecule has 114 valence electrons. The second-order valence-electron chi connectivity index (χ2n) is 5.56. The van der Waals surface area contributed by atoms with E-state index in [1.807, 2.05) is 37.3 Å². The standard InChI is InChI=1S/C16H16ClN3OS/c1-16(9-14(21)20(2)15(18)19-16)11-5-3-4-10(8-11)12-6-7-13(17)22-12/h3-8H,9H2,1-2H3,(H2,18,19). The Hall–Kier alpha value is -1.85. The number of aliphatic imine (C=N–C) groups is 1. The van der Waals surface area contributed by atoms with Crippen molar-refractivity contribution in [2.45, 2.75) is 18.9 Å². The van der Waals surface area contributed by atoms with Crippen LogP contribution in [0.5, 0.6) is 0 Å². The second-order valence-corrected chi connectivity index (χ2v) is 7.27. The van der Waals surface area contributed by atoms with Gasteiger partial charge in [0.05, 0.1) is 16.3 Å². The molecule has 1 atom stereocenters. The first kappa shape index (κ1) is 15.1. The lowest BCUT2D eigenvalue weighted by atomic mass is 9.86. The van der Waals surface area contributed by atoms with Crippen LogP contribution in [0.4, 0.5) is 0 Å². The fourth-order valence-corrected chi connectivity index (χ4v) is 3.59. The van der Waals surface area contributed by atoms with Gasteiger partial charge in [-0.05, 0) is 36.2 Å². The monoisotopic (exact) mass is 333 g/mol. The Morgan fingerprint density at radius 2 is 2.14 bits per heavy atom. The molecule has 1 aliphatic rings. The van der Waals surface area contributed by atoms with Gasteiger partial charge in [0.25, 0.3) is 0 Å². The third-order valence-electron chi connectivity index (χ3n) is 3.92. The maximum atomic E-state index is 12.1. The van der Waals surface area contributed by atoms with Gasteiger partial charge in [-0.2, -0.15) is 0 Å². The van der Waals surface area contributed by atoms with Gasteiger partial charge in [-0.1, -0.05) is 29.8 Å². The van der Waals surface area contributed by atoms with Gasteiger partial charge in [-0.3, -0.25) is 9.69 Å². The largest absolute Gasteiger partial charge is 0.369 e. The molecule has 2 N–H and O–H groups in total. The molecule has 2 heterocycles. The van der Waals surface area contributed by atoms with Crippen molar-refractivity contribution in [2.24, 2.45) is 10.7 Å². The van der Waals surface area contributed by atoms with Crippen LogP contribution in [0.3, 0.4) is 0 Å². The van der Waals surface area contributed by atoms with E-state index >= 15 is 0 Å². The fourth-order valence-electron chi connectivity index (χ4n) is 2.55. The van der Waals surface area contributed by atoms with Crippen LogP contribution < -0.4 is 5.73 Å². The quantitative estimate of drug-likeness (QED) is 0.915. The SMILES string of the molecule is CN1C(=O)CC(C)(c2cccc(-c3ccc(Cl)s3)c2)N=C1N. The average Bonchev–Trinajstić information content (AvgIpc) is 2.91. The molecule has 0 saturated heterocycles. The van der Waals surface area contributed by atoms with E-state index in [4.69, 9.17) is 17.3 Å². The number of nitrogens with two attached hydrogens (primary N) is 1. The first-order valence-electron chi connectivity index (χ1n) is 6.87. The highest BCUT2D eigenvalue weighted by atomic mass is 35.5. The molecule has 2 aromatic rings. The maximum absolute atomic E-state index is 12.1. The van der Waals surface area contributed by atoms with E-state index in [-0.39, 0.29) is 11.9 Å². The number of amides is 1. The van der Waals surface area contributed by atoms with Gasteiger partial charge in [0.15, 0.2) is 5.96 Å². The summed E-state index contributed by atoms with van der Waals surface area (Å²) in [4.78, 5) is 19.1. The Bertz CT molecular complexity index is 770. The number of carbonyl (C=O) groups is 1. The minimum atomic E-state index is -0.634. The topological polar surface area (TPSA) is 58.7 Å². The third-order valence-corrected chi connectivity index (χ3v) is 5.20. The van der Waals surface area contributed by atoms with Crippen LogP contribution in [-0.4, -0.2) is 23.8 Å². The van der Waals surface area contributed by atoms with Crippen molar-refractivity contribution in [3.05, 3.63) is 46.3 Å². The van der Waals surface area contributed by atoms with Crippen LogP contribution in [0.25, 0.3) is 10.4 Å². The molecule has 1 aromatic carbocycles. The molecule has 0 spiro atoms. The summed E-state index contributed by atoms with van der Waals surface area (Å²) in [5, 5.41) is 0. The van der Waals surface area contributed by atoms with E-state index in [9.17, 15) is 4.79 Å². The zero-order chi connectivity index (χ0) is 15.9. The Kier molecular flexibility index (Phi) is 3.70. The van der Waals surface area contributed by atoms with Crippen molar-refractivity contribution in [2.75, 3.05) is 7.05 Å². The summed E-state index contributed by atoms with van der Waals surface area (Å²) < 4.78 is 0.753. The van der Waals surface area contributed by atoms with Crippen LogP contribution in [0.2, 0.25) is 4.34 Å². The minimum absolute atomic E-state index is 0.0282. The van der Waals surface area contributed by atoms with Gasteiger partial charge in [-0.15, -0.1) is 11.3 Å². The maximum Gasteiger partial charge on any atom is 0.231 e. The Morgan fingerprint density at radius 3 is 2.77 bits per heavy atom. The Balaban J connectivity index is 2.04. The first-order chi connectivity index (χ1) is 10.4. The Morgan fingerprint density at radius 1 is 1.36 bits per heavy atom. The van der Waals surface area contributed by atoms with E-state index in [0.717, 1.165) is 20.3 Å². The molecular formula is C16H16ClN3OS. The highest BCUT2D eigenvalue weighted by Gasteiger charge is 2.36. The van der Waals surface area contributed by atoms with Crippen molar-refractivity contribution >= 4 is 34.8 Å². The van der Waals surface area contributed by atoms with Gasteiger partial charge < -0.3 is 5.73 Å². The molecule has 4 nitrogen and oxygen atoms in total. The van der Waals surface area contributed by atoms with E-state index < -0.39 is 5.54 Å². The molecule has 0 fully saturated rings. The first-order valence-corrected chi connectivity index (χ1v) is 8.07. The predicted molar refractivity (Wildman–Crippen MR) is 91.1 cm³/mol. The number of hydrogen-bond acceptors (Lipinski definition) is 4. The van der Waals surface area contributed by atoms with Crippen molar-refractivity contribution in [3.8, 4) is 10.4 Å². The number of guanidine groups is 1. The fraction of sp³-hybridized carbons (Fsp3) is 0.250. The molecule has 6 heteroatoms. The summed E-state index contributed by atoms with van der Waals surface area (Å²) in [6.45, 7) is 1.94. The predicted octanol–water partition coefficient (Wildman–Crippen LogP) is 3.46. The van der Waals surface area contributed by atoms with Gasteiger partial charge >= 0.3 is 0 Å². The molecule has 3 rings (SSSR count). The number of nitrogens with zero attached hydrogens (tertiary/aromatic N) is 2. The zero-order valence-corrected chi connectivity index (χ0v) is 13.9. The molecule has 0 saturated carbocycles. The molecule has 1 aromatic heterocycles. The van der Waals surface area contributed by atoms with Crippen LogP contribution in [-0.2, 0) is 10.3 Å². The molecule has 1 aliphatic heterocycles. The lowest BCUT2D eigenvalue weighted by Crippen LogP contribution is -2.47. The summed E-state index contributed by atoms with van der Waals surface area (Å²) in [6, 6.07) is 11.9. The van der Waals surface area contributed by atoms with E-state index in [0.29, 0.717) is 6.42 Å². The average molecular weight is 334 g/mol. The van der Waals surface area contributed by atoms with Gasteiger partial charge in [0.1, 0.15) is 0 Å². The van der Waals surface area contributed by atoms with E-state index in [1.165, 1.54) is 16.2 Å². The minimum Gasteiger partial charge on any atom is -0.369 e. The lowest BCUT2D eigenvalue weighted by molar-refractivity contribution is -0.128. The molecular weight excluding hydrogens is 318 g/mol. The second kappa shape index (κ2) is 5.41. The Labute approximate surface area is 138 Å². The molecule has 1 amide bonds. The lowest BCUT2D eigenvalue weighted by Gasteiger charge is -2.33. The number of carbonyl (C=O) groups excluding carboxylic acids is 1. The molecule has 22 heavy (non-hydrogen) atoms. The number of hydrogen-bond donors (Lipinski definition) is 1. The van der Waals surface area contributed by atoms with E-state index in [2.05, 4.69) is 11.1 Å². The van der Waals surface area contributed by atoms with Crippen molar-refractivity contribution in [3.63, 3.8) is 0 Å². The number of benzene rings is 1. The number of thiophene rings is 1. The summed E-state index contributed by atoms with van der Waals surface area (Å²) in [5.41, 5.74) is 7.28. The number of halogens is 1. The van der Waals surface area contributed by atoms with Crippen LogP contribution in [0.15, 0.2) is 41.4 Å². The number of rotatable bonds is 2. The van der Waals surface area contributed by atoms with Crippen LogP contribution >= 0.6 is 22.9 Å². The van der Waals surface area contributed by atoms with Gasteiger partial charge in [0, 0.05) is 11.9 Å². The van der Waals surface area contributed by atoms with Crippen LogP contribution in [0, 0.1) is 0 Å².